The van der Waals surface area contributed by atoms with Crippen LogP contribution in [0.3, 0.4) is 0 Å². The lowest BCUT2D eigenvalue weighted by molar-refractivity contribution is -0.131. The van der Waals surface area contributed by atoms with Gasteiger partial charge in [-0.15, -0.1) is 10.2 Å². The maximum absolute atomic E-state index is 11.7. The van der Waals surface area contributed by atoms with Crippen molar-refractivity contribution in [1.82, 2.24) is 10.2 Å². The maximum Gasteiger partial charge on any atom is 0.342 e. The lowest BCUT2D eigenvalue weighted by atomic mass is 10.1. The van der Waals surface area contributed by atoms with Crippen LogP contribution < -0.4 is 4.74 Å². The number of aliphatic carboxylic acids is 1. The van der Waals surface area contributed by atoms with Crippen LogP contribution in [0, 0.1) is 18.3 Å². The third kappa shape index (κ3) is 5.47. The molecule has 0 aliphatic carbocycles. The Hall–Kier alpha value is -3.09. The molecule has 9 heteroatoms. The van der Waals surface area contributed by atoms with Crippen molar-refractivity contribution in [2.75, 3.05) is 0 Å². The lowest BCUT2D eigenvalue weighted by Gasteiger charge is -2.11. The molecule has 0 atom stereocenters. The summed E-state index contributed by atoms with van der Waals surface area (Å²) < 4.78 is 11.9. The van der Waals surface area contributed by atoms with E-state index in [4.69, 9.17) is 9.15 Å². The average molecular weight is 472 g/mol. The molecule has 29 heavy (non-hydrogen) atoms. The number of carbonyl (C=O) groups is 1. The highest BCUT2D eigenvalue weighted by atomic mass is 79.9. The van der Waals surface area contributed by atoms with Crippen molar-refractivity contribution in [2.45, 2.75) is 18.8 Å². The Kier molecular flexibility index (Phi) is 6.69. The molecule has 0 fully saturated rings. The first-order chi connectivity index (χ1) is 14.0. The van der Waals surface area contributed by atoms with Crippen molar-refractivity contribution in [2.24, 2.45) is 0 Å². The number of nitriles is 1. The van der Waals surface area contributed by atoms with Crippen LogP contribution in [0.25, 0.3) is 6.08 Å². The van der Waals surface area contributed by atoms with E-state index in [2.05, 4.69) is 32.2 Å². The molecule has 0 aliphatic heterocycles. The standard InChI is InChI=1S/C20H14BrN3O4S/c1-12-23-24-20(28-12)29-18(19(25)26)9-15-8-16(21)6-7-17(15)27-11-14-5-3-2-4-13(14)10-22/h2-9H,11H2,1H3,(H,25,26)/b18-9-. The summed E-state index contributed by atoms with van der Waals surface area (Å²) in [7, 11) is 0. The van der Waals surface area contributed by atoms with Gasteiger partial charge in [-0.05, 0) is 42.1 Å². The van der Waals surface area contributed by atoms with Crippen molar-refractivity contribution >= 4 is 39.7 Å². The van der Waals surface area contributed by atoms with E-state index in [1.807, 2.05) is 12.1 Å². The highest BCUT2D eigenvalue weighted by molar-refractivity contribution is 9.10. The second-order valence-corrected chi connectivity index (χ2v) is 7.65. The van der Waals surface area contributed by atoms with E-state index >= 15 is 0 Å². The number of ether oxygens (including phenoxy) is 1. The first-order valence-electron chi connectivity index (χ1n) is 8.29. The Bertz CT molecular complexity index is 1120. The zero-order valence-corrected chi connectivity index (χ0v) is 17.5. The highest BCUT2D eigenvalue weighted by Crippen LogP contribution is 2.32. The summed E-state index contributed by atoms with van der Waals surface area (Å²) in [5.74, 6) is -0.312. The number of hydrogen-bond donors (Lipinski definition) is 1. The third-order valence-electron chi connectivity index (χ3n) is 3.69. The van der Waals surface area contributed by atoms with Crippen LogP contribution in [0.4, 0.5) is 0 Å². The van der Waals surface area contributed by atoms with Crippen LogP contribution in [0.1, 0.15) is 22.6 Å². The van der Waals surface area contributed by atoms with Gasteiger partial charge in [0.25, 0.3) is 5.22 Å². The molecule has 0 unspecified atom stereocenters. The number of aryl methyl sites for hydroxylation is 1. The SMILES string of the molecule is Cc1nnc(S/C(=C\c2cc(Br)ccc2OCc2ccccc2C#N)C(=O)O)o1. The number of rotatable bonds is 7. The summed E-state index contributed by atoms with van der Waals surface area (Å²) in [6.07, 6.45) is 1.48. The number of carboxylic acids is 1. The number of carboxylic acid groups (broad SMARTS) is 1. The van der Waals surface area contributed by atoms with Gasteiger partial charge in [0.1, 0.15) is 17.3 Å². The molecule has 1 N–H and O–H groups in total. The molecule has 3 aromatic rings. The highest BCUT2D eigenvalue weighted by Gasteiger charge is 2.16. The molecule has 1 aromatic heterocycles. The van der Waals surface area contributed by atoms with E-state index in [1.165, 1.54) is 6.08 Å². The van der Waals surface area contributed by atoms with E-state index in [9.17, 15) is 15.2 Å². The van der Waals surface area contributed by atoms with Crippen LogP contribution in [0.15, 0.2) is 61.5 Å². The molecule has 7 nitrogen and oxygen atoms in total. The van der Waals surface area contributed by atoms with Gasteiger partial charge in [0.05, 0.1) is 11.6 Å². The monoisotopic (exact) mass is 471 g/mol. The van der Waals surface area contributed by atoms with Crippen LogP contribution in [0.2, 0.25) is 0 Å². The molecule has 0 saturated heterocycles. The van der Waals surface area contributed by atoms with Gasteiger partial charge in [-0.1, -0.05) is 34.1 Å². The number of thioether (sulfide) groups is 1. The Morgan fingerprint density at radius 3 is 2.83 bits per heavy atom. The molecule has 1 heterocycles. The largest absolute Gasteiger partial charge is 0.488 e. The Morgan fingerprint density at radius 1 is 1.34 bits per heavy atom. The number of aromatic nitrogens is 2. The van der Waals surface area contributed by atoms with Crippen molar-refractivity contribution < 1.29 is 19.1 Å². The van der Waals surface area contributed by atoms with E-state index in [-0.39, 0.29) is 16.7 Å². The van der Waals surface area contributed by atoms with Crippen LogP contribution >= 0.6 is 27.7 Å². The lowest BCUT2D eigenvalue weighted by Crippen LogP contribution is -2.01. The smallest absolute Gasteiger partial charge is 0.342 e. The summed E-state index contributed by atoms with van der Waals surface area (Å²) >= 11 is 4.24. The number of hydrogen-bond acceptors (Lipinski definition) is 7. The van der Waals surface area contributed by atoms with E-state index in [0.717, 1.165) is 21.8 Å². The topological polar surface area (TPSA) is 109 Å². The van der Waals surface area contributed by atoms with Gasteiger partial charge in [0.15, 0.2) is 0 Å². The second-order valence-electron chi connectivity index (χ2n) is 5.74. The van der Waals surface area contributed by atoms with Gasteiger partial charge < -0.3 is 14.3 Å². The van der Waals surface area contributed by atoms with Gasteiger partial charge in [-0.25, -0.2) is 4.79 Å². The first-order valence-corrected chi connectivity index (χ1v) is 9.90. The molecular formula is C20H14BrN3O4S. The fourth-order valence-electron chi connectivity index (χ4n) is 2.36. The average Bonchev–Trinajstić information content (AvgIpc) is 3.11. The summed E-state index contributed by atoms with van der Waals surface area (Å²) in [4.78, 5) is 11.7. The molecule has 3 rings (SSSR count). The molecule has 0 aliphatic rings. The van der Waals surface area contributed by atoms with Crippen molar-refractivity contribution in [1.29, 1.82) is 5.26 Å². The van der Waals surface area contributed by atoms with E-state index in [1.54, 1.807) is 37.3 Å². The Morgan fingerprint density at radius 2 is 2.14 bits per heavy atom. The maximum atomic E-state index is 11.7. The van der Waals surface area contributed by atoms with Crippen LogP contribution in [-0.4, -0.2) is 21.3 Å². The third-order valence-corrected chi connectivity index (χ3v) is 5.04. The summed E-state index contributed by atoms with van der Waals surface area (Å²) in [5.41, 5.74) is 1.81. The van der Waals surface area contributed by atoms with Gasteiger partial charge in [0.2, 0.25) is 5.89 Å². The summed E-state index contributed by atoms with van der Waals surface area (Å²) in [6, 6.07) is 14.5. The van der Waals surface area contributed by atoms with Gasteiger partial charge in [-0.2, -0.15) is 5.26 Å². The summed E-state index contributed by atoms with van der Waals surface area (Å²) in [5, 5.41) is 26.4. The van der Waals surface area contributed by atoms with Gasteiger partial charge in [0, 0.05) is 22.5 Å². The minimum absolute atomic E-state index is 0.00553. The van der Waals surface area contributed by atoms with Crippen molar-refractivity contribution in [3.8, 4) is 11.8 Å². The number of nitrogens with zero attached hydrogens (tertiary/aromatic N) is 3. The van der Waals surface area contributed by atoms with Crippen molar-refractivity contribution in [3.05, 3.63) is 74.4 Å². The molecule has 2 aromatic carbocycles. The van der Waals surface area contributed by atoms with E-state index < -0.39 is 5.97 Å². The van der Waals surface area contributed by atoms with Gasteiger partial charge in [-0.3, -0.25) is 0 Å². The molecule has 0 radical (unpaired) electrons. The van der Waals surface area contributed by atoms with Crippen LogP contribution in [0.5, 0.6) is 5.75 Å². The molecule has 0 bridgehead atoms. The van der Waals surface area contributed by atoms with Crippen LogP contribution in [-0.2, 0) is 11.4 Å². The molecule has 0 amide bonds. The summed E-state index contributed by atoms with van der Waals surface area (Å²) in [6.45, 7) is 1.80. The van der Waals surface area contributed by atoms with E-state index in [0.29, 0.717) is 22.8 Å². The predicted octanol–water partition coefficient (Wildman–Crippen LogP) is 4.81. The molecular weight excluding hydrogens is 458 g/mol. The minimum Gasteiger partial charge on any atom is -0.488 e. The minimum atomic E-state index is -1.13. The zero-order chi connectivity index (χ0) is 20.8. The first kappa shape index (κ1) is 20.6. The quantitative estimate of drug-likeness (QED) is 0.386. The van der Waals surface area contributed by atoms with Crippen molar-refractivity contribution in [3.63, 3.8) is 0 Å². The molecule has 146 valence electrons. The Labute approximate surface area is 179 Å². The molecule has 0 saturated carbocycles. The zero-order valence-electron chi connectivity index (χ0n) is 15.1. The normalized spacial score (nSPS) is 11.1. The second kappa shape index (κ2) is 9.41. The Balaban J connectivity index is 1.89. The van der Waals surface area contributed by atoms with Gasteiger partial charge >= 0.3 is 5.97 Å². The number of benzene rings is 2. The number of halogens is 1. The molecule has 0 spiro atoms. The predicted molar refractivity (Wildman–Crippen MR) is 110 cm³/mol. The fourth-order valence-corrected chi connectivity index (χ4v) is 3.45. The fraction of sp³-hybridized carbons (Fsp3) is 0.100.